The first-order valence-electron chi connectivity index (χ1n) is 6.25. The summed E-state index contributed by atoms with van der Waals surface area (Å²) < 4.78 is 6.02. The Morgan fingerprint density at radius 1 is 1.47 bits per heavy atom. The lowest BCUT2D eigenvalue weighted by Crippen LogP contribution is -2.43. The first-order chi connectivity index (χ1) is 8.20. The predicted octanol–water partition coefficient (Wildman–Crippen LogP) is 2.64. The maximum Gasteiger partial charge on any atom is 0.304 e. The molecule has 17 heavy (non-hydrogen) atoms. The van der Waals surface area contributed by atoms with Crippen LogP contribution < -0.4 is 0 Å². The largest absolute Gasteiger partial charge is 0.481 e. The van der Waals surface area contributed by atoms with Crippen molar-refractivity contribution in [2.24, 2.45) is 0 Å². The maximum absolute atomic E-state index is 10.5. The summed E-state index contributed by atoms with van der Waals surface area (Å²) >= 11 is 3.85. The average Bonchev–Trinajstić information content (AvgIpc) is 2.29. The minimum atomic E-state index is -0.687. The standard InChI is InChI=1S/C12H20O3S2/c13-11(14)2-6-17-10-1-5-15-12(9-10)3-7-16-8-4-12/h10H,1-9H2,(H,13,14). The van der Waals surface area contributed by atoms with Gasteiger partial charge in [-0.3, -0.25) is 4.79 Å². The van der Waals surface area contributed by atoms with Crippen molar-refractivity contribution in [3.63, 3.8) is 0 Å². The second-order valence-electron chi connectivity index (χ2n) is 4.77. The van der Waals surface area contributed by atoms with Gasteiger partial charge in [0.05, 0.1) is 12.0 Å². The monoisotopic (exact) mass is 276 g/mol. The molecule has 0 aromatic heterocycles. The molecular weight excluding hydrogens is 256 g/mol. The summed E-state index contributed by atoms with van der Waals surface area (Å²) in [5, 5.41) is 9.25. The van der Waals surface area contributed by atoms with Gasteiger partial charge in [0.15, 0.2) is 0 Å². The normalized spacial score (nSPS) is 28.1. The van der Waals surface area contributed by atoms with Gasteiger partial charge in [-0.05, 0) is 37.2 Å². The van der Waals surface area contributed by atoms with Gasteiger partial charge in [0, 0.05) is 17.6 Å². The molecule has 0 saturated carbocycles. The van der Waals surface area contributed by atoms with E-state index in [4.69, 9.17) is 9.84 Å². The molecule has 0 aromatic carbocycles. The molecule has 2 aliphatic heterocycles. The topological polar surface area (TPSA) is 46.5 Å². The molecule has 2 saturated heterocycles. The van der Waals surface area contributed by atoms with E-state index in [1.807, 2.05) is 23.5 Å². The van der Waals surface area contributed by atoms with Crippen molar-refractivity contribution in [3.8, 4) is 0 Å². The Bertz CT molecular complexity index is 259. The van der Waals surface area contributed by atoms with Crippen LogP contribution in [0.1, 0.15) is 32.1 Å². The summed E-state index contributed by atoms with van der Waals surface area (Å²) in [5.41, 5.74) is 0.129. The number of carboxylic acid groups (broad SMARTS) is 1. The Hall–Kier alpha value is 0.130. The molecule has 98 valence electrons. The second kappa shape index (κ2) is 6.34. The van der Waals surface area contributed by atoms with Gasteiger partial charge in [-0.2, -0.15) is 23.5 Å². The van der Waals surface area contributed by atoms with Crippen LogP contribution in [0, 0.1) is 0 Å². The van der Waals surface area contributed by atoms with E-state index in [9.17, 15) is 4.79 Å². The molecule has 2 heterocycles. The Labute approximate surface area is 111 Å². The molecule has 5 heteroatoms. The average molecular weight is 276 g/mol. The van der Waals surface area contributed by atoms with Gasteiger partial charge in [0.2, 0.25) is 0 Å². The number of carbonyl (C=O) groups is 1. The van der Waals surface area contributed by atoms with Crippen molar-refractivity contribution in [2.75, 3.05) is 23.9 Å². The minimum Gasteiger partial charge on any atom is -0.481 e. The molecule has 0 bridgehead atoms. The summed E-state index contributed by atoms with van der Waals surface area (Å²) in [6, 6.07) is 0. The van der Waals surface area contributed by atoms with E-state index < -0.39 is 5.97 Å². The number of rotatable bonds is 4. The Morgan fingerprint density at radius 3 is 2.94 bits per heavy atom. The molecule has 0 aliphatic carbocycles. The highest BCUT2D eigenvalue weighted by Gasteiger charge is 2.38. The highest BCUT2D eigenvalue weighted by atomic mass is 32.2. The smallest absolute Gasteiger partial charge is 0.304 e. The molecule has 2 aliphatic rings. The SMILES string of the molecule is O=C(O)CCSC1CCOC2(CCSCC2)C1. The van der Waals surface area contributed by atoms with Gasteiger partial charge in [0.25, 0.3) is 0 Å². The fourth-order valence-electron chi connectivity index (χ4n) is 2.53. The van der Waals surface area contributed by atoms with Crippen LogP contribution >= 0.6 is 23.5 Å². The molecule has 1 N–H and O–H groups in total. The molecule has 1 unspecified atom stereocenters. The lowest BCUT2D eigenvalue weighted by Gasteiger charge is -2.43. The third-order valence-electron chi connectivity index (χ3n) is 3.52. The summed E-state index contributed by atoms with van der Waals surface area (Å²) in [4.78, 5) is 10.5. The molecule has 0 radical (unpaired) electrons. The van der Waals surface area contributed by atoms with E-state index in [0.29, 0.717) is 5.25 Å². The third-order valence-corrected chi connectivity index (χ3v) is 5.82. The number of ether oxygens (including phenoxy) is 1. The lowest BCUT2D eigenvalue weighted by molar-refractivity contribution is -0.136. The van der Waals surface area contributed by atoms with E-state index in [1.165, 1.54) is 24.3 Å². The van der Waals surface area contributed by atoms with E-state index >= 15 is 0 Å². The number of hydrogen-bond acceptors (Lipinski definition) is 4. The lowest BCUT2D eigenvalue weighted by atomic mass is 9.88. The molecular formula is C12H20O3S2. The van der Waals surface area contributed by atoms with Gasteiger partial charge in [-0.15, -0.1) is 0 Å². The minimum absolute atomic E-state index is 0.129. The number of hydrogen-bond donors (Lipinski definition) is 1. The molecule has 2 fully saturated rings. The second-order valence-corrected chi connectivity index (χ2v) is 7.41. The number of thioether (sulfide) groups is 2. The first-order valence-corrected chi connectivity index (χ1v) is 8.46. The Kier molecular flexibility index (Phi) is 5.06. The zero-order valence-corrected chi connectivity index (χ0v) is 11.7. The van der Waals surface area contributed by atoms with Crippen LogP contribution in [0.25, 0.3) is 0 Å². The van der Waals surface area contributed by atoms with Crippen LogP contribution in [0.3, 0.4) is 0 Å². The summed E-state index contributed by atoms with van der Waals surface area (Å²) in [6.07, 6.45) is 4.84. The zero-order valence-electron chi connectivity index (χ0n) is 10.0. The van der Waals surface area contributed by atoms with E-state index in [2.05, 4.69) is 0 Å². The van der Waals surface area contributed by atoms with Crippen LogP contribution in [-0.2, 0) is 9.53 Å². The van der Waals surface area contributed by atoms with Crippen molar-refractivity contribution in [1.29, 1.82) is 0 Å². The Balaban J connectivity index is 1.77. The molecule has 1 atom stereocenters. The van der Waals surface area contributed by atoms with Gasteiger partial charge < -0.3 is 9.84 Å². The van der Waals surface area contributed by atoms with Crippen LogP contribution in [0.4, 0.5) is 0 Å². The fourth-order valence-corrected chi connectivity index (χ4v) is 5.08. The summed E-state index contributed by atoms with van der Waals surface area (Å²) in [5.74, 6) is 2.48. The van der Waals surface area contributed by atoms with Gasteiger partial charge in [-0.25, -0.2) is 0 Å². The van der Waals surface area contributed by atoms with Crippen molar-refractivity contribution < 1.29 is 14.6 Å². The zero-order chi connectivity index (χ0) is 12.1. The van der Waals surface area contributed by atoms with Crippen LogP contribution in [-0.4, -0.2) is 45.8 Å². The highest BCUT2D eigenvalue weighted by molar-refractivity contribution is 8.00. The predicted molar refractivity (Wildman–Crippen MR) is 73.0 cm³/mol. The molecule has 3 nitrogen and oxygen atoms in total. The van der Waals surface area contributed by atoms with Crippen LogP contribution in [0.15, 0.2) is 0 Å². The molecule has 2 rings (SSSR count). The van der Waals surface area contributed by atoms with Gasteiger partial charge in [0.1, 0.15) is 0 Å². The quantitative estimate of drug-likeness (QED) is 0.855. The van der Waals surface area contributed by atoms with Crippen LogP contribution in [0.5, 0.6) is 0 Å². The van der Waals surface area contributed by atoms with E-state index in [-0.39, 0.29) is 12.0 Å². The highest BCUT2D eigenvalue weighted by Crippen LogP contribution is 2.40. The maximum atomic E-state index is 10.5. The van der Waals surface area contributed by atoms with Crippen molar-refractivity contribution in [2.45, 2.75) is 43.0 Å². The van der Waals surface area contributed by atoms with Gasteiger partial charge >= 0.3 is 5.97 Å². The van der Waals surface area contributed by atoms with E-state index in [0.717, 1.165) is 25.2 Å². The number of carboxylic acids is 1. The first kappa shape index (κ1) is 13.6. The summed E-state index contributed by atoms with van der Waals surface area (Å²) in [6.45, 7) is 0.857. The third kappa shape index (κ3) is 4.07. The van der Waals surface area contributed by atoms with Crippen molar-refractivity contribution >= 4 is 29.5 Å². The Morgan fingerprint density at radius 2 is 2.24 bits per heavy atom. The van der Waals surface area contributed by atoms with Crippen LogP contribution in [0.2, 0.25) is 0 Å². The van der Waals surface area contributed by atoms with Crippen molar-refractivity contribution in [1.82, 2.24) is 0 Å². The fraction of sp³-hybridized carbons (Fsp3) is 0.917. The number of aliphatic carboxylic acids is 1. The molecule has 0 aromatic rings. The van der Waals surface area contributed by atoms with Gasteiger partial charge in [-0.1, -0.05) is 0 Å². The summed E-state index contributed by atoms with van der Waals surface area (Å²) in [7, 11) is 0. The van der Waals surface area contributed by atoms with E-state index in [1.54, 1.807) is 0 Å². The van der Waals surface area contributed by atoms with Crippen molar-refractivity contribution in [3.05, 3.63) is 0 Å². The molecule has 1 spiro atoms. The molecule has 0 amide bonds.